The van der Waals surface area contributed by atoms with Crippen LogP contribution in [-0.4, -0.2) is 23.7 Å². The lowest BCUT2D eigenvalue weighted by atomic mass is 9.99. The van der Waals surface area contributed by atoms with Crippen molar-refractivity contribution in [3.63, 3.8) is 0 Å². The molecule has 6 nitrogen and oxygen atoms in total. The summed E-state index contributed by atoms with van der Waals surface area (Å²) in [5.74, 6) is -0.703. The molecule has 0 aromatic heterocycles. The minimum absolute atomic E-state index is 0.156. The van der Waals surface area contributed by atoms with Crippen LogP contribution in [0.3, 0.4) is 0 Å². The fourth-order valence-electron chi connectivity index (χ4n) is 1.91. The van der Waals surface area contributed by atoms with Gasteiger partial charge in [0.05, 0.1) is 12.1 Å². The molecule has 1 aromatic carbocycles. The van der Waals surface area contributed by atoms with Crippen LogP contribution in [0.25, 0.3) is 0 Å². The number of halogens is 1. The van der Waals surface area contributed by atoms with Gasteiger partial charge in [-0.3, -0.25) is 9.59 Å². The van der Waals surface area contributed by atoms with Crippen LogP contribution in [-0.2, 0) is 9.59 Å². The maximum atomic E-state index is 11.7. The number of hydrogen-bond donors (Lipinski definition) is 2. The van der Waals surface area contributed by atoms with Crippen molar-refractivity contribution in [1.82, 2.24) is 10.9 Å². The van der Waals surface area contributed by atoms with Gasteiger partial charge < -0.3 is 0 Å². The molecule has 2 amide bonds. The van der Waals surface area contributed by atoms with Gasteiger partial charge in [0.2, 0.25) is 11.8 Å². The first-order valence-electron chi connectivity index (χ1n) is 6.48. The Morgan fingerprint density at radius 3 is 2.95 bits per heavy atom. The van der Waals surface area contributed by atoms with Crippen LogP contribution in [0.5, 0.6) is 0 Å². The number of rotatable bonds is 5. The Morgan fingerprint density at radius 1 is 1.52 bits per heavy atom. The second-order valence-electron chi connectivity index (χ2n) is 4.64. The molecule has 1 aliphatic rings. The lowest BCUT2D eigenvalue weighted by Crippen LogP contribution is -2.25. The van der Waals surface area contributed by atoms with Gasteiger partial charge in [0, 0.05) is 22.2 Å². The van der Waals surface area contributed by atoms with Crippen LogP contribution in [0, 0.1) is 5.92 Å². The van der Waals surface area contributed by atoms with Gasteiger partial charge in [-0.05, 0) is 19.4 Å². The number of nitrogens with zero attached hydrogens (tertiary/aromatic N) is 2. The highest BCUT2D eigenvalue weighted by Gasteiger charge is 2.26. The molecule has 0 saturated heterocycles. The molecule has 0 bridgehead atoms. The quantitative estimate of drug-likeness (QED) is 0.626. The van der Waals surface area contributed by atoms with Gasteiger partial charge in [-0.2, -0.15) is 10.2 Å². The first-order valence-corrected chi connectivity index (χ1v) is 7.27. The summed E-state index contributed by atoms with van der Waals surface area (Å²) < 4.78 is 0.900. The highest BCUT2D eigenvalue weighted by molar-refractivity contribution is 9.10. The third-order valence-electron chi connectivity index (χ3n) is 3.12. The number of hydrogen-bond acceptors (Lipinski definition) is 4. The van der Waals surface area contributed by atoms with Crippen LogP contribution < -0.4 is 10.9 Å². The predicted molar refractivity (Wildman–Crippen MR) is 83.9 cm³/mol. The van der Waals surface area contributed by atoms with Gasteiger partial charge in [0.15, 0.2) is 0 Å². The molecule has 1 heterocycles. The zero-order valence-electron chi connectivity index (χ0n) is 11.5. The number of nitrogens with one attached hydrogen (secondary N) is 2. The maximum Gasteiger partial charge on any atom is 0.248 e. The molecule has 1 atom stereocenters. The van der Waals surface area contributed by atoms with Gasteiger partial charge in [-0.15, -0.1) is 0 Å². The minimum atomic E-state index is -0.317. The Morgan fingerprint density at radius 2 is 2.29 bits per heavy atom. The number of benzene rings is 1. The van der Waals surface area contributed by atoms with Crippen molar-refractivity contribution in [1.29, 1.82) is 0 Å². The summed E-state index contributed by atoms with van der Waals surface area (Å²) in [6, 6.07) is 7.55. The van der Waals surface area contributed by atoms with E-state index in [1.165, 1.54) is 0 Å². The normalized spacial score (nSPS) is 17.7. The topological polar surface area (TPSA) is 82.9 Å². The van der Waals surface area contributed by atoms with E-state index in [0.717, 1.165) is 10.0 Å². The highest BCUT2D eigenvalue weighted by atomic mass is 79.9. The molecule has 2 rings (SSSR count). The average Bonchev–Trinajstić information content (AvgIpc) is 2.78. The summed E-state index contributed by atoms with van der Waals surface area (Å²) in [4.78, 5) is 23.1. The van der Waals surface area contributed by atoms with Crippen molar-refractivity contribution in [2.75, 3.05) is 0 Å². The monoisotopic (exact) mass is 350 g/mol. The molecule has 2 N–H and O–H groups in total. The van der Waals surface area contributed by atoms with Crippen molar-refractivity contribution < 1.29 is 9.59 Å². The molecule has 110 valence electrons. The van der Waals surface area contributed by atoms with Crippen molar-refractivity contribution in [3.05, 3.63) is 34.3 Å². The van der Waals surface area contributed by atoms with Crippen LogP contribution in [0.15, 0.2) is 38.9 Å². The molecular weight excluding hydrogens is 336 g/mol. The molecule has 0 unspecified atom stereocenters. The second-order valence-corrected chi connectivity index (χ2v) is 5.49. The van der Waals surface area contributed by atoms with Crippen molar-refractivity contribution in [2.45, 2.75) is 19.8 Å². The van der Waals surface area contributed by atoms with Gasteiger partial charge in [-0.25, -0.2) is 10.9 Å². The predicted octanol–water partition coefficient (Wildman–Crippen LogP) is 1.80. The Bertz CT molecular complexity index is 613. The van der Waals surface area contributed by atoms with Gasteiger partial charge in [0.1, 0.15) is 0 Å². The van der Waals surface area contributed by atoms with E-state index >= 15 is 0 Å². The van der Waals surface area contributed by atoms with E-state index in [9.17, 15) is 9.59 Å². The second kappa shape index (κ2) is 7.12. The molecule has 7 heteroatoms. The fourth-order valence-corrected chi connectivity index (χ4v) is 2.30. The van der Waals surface area contributed by atoms with Crippen molar-refractivity contribution in [2.24, 2.45) is 16.1 Å². The van der Waals surface area contributed by atoms with Crippen LogP contribution in [0.4, 0.5) is 0 Å². The van der Waals surface area contributed by atoms with E-state index in [0.29, 0.717) is 12.1 Å². The number of hydrazone groups is 2. The lowest BCUT2D eigenvalue weighted by molar-refractivity contribution is -0.123. The molecule has 1 aromatic rings. The summed E-state index contributed by atoms with van der Waals surface area (Å²) in [5.41, 5.74) is 6.43. The zero-order valence-corrected chi connectivity index (χ0v) is 13.1. The van der Waals surface area contributed by atoms with E-state index < -0.39 is 0 Å². The summed E-state index contributed by atoms with van der Waals surface area (Å²) in [5, 5.41) is 7.74. The number of carbonyl (C=O) groups is 2. The molecule has 1 aliphatic heterocycles. The smallest absolute Gasteiger partial charge is 0.248 e. The van der Waals surface area contributed by atoms with E-state index in [1.54, 1.807) is 13.1 Å². The average molecular weight is 351 g/mol. The van der Waals surface area contributed by atoms with E-state index in [1.807, 2.05) is 24.3 Å². The first-order chi connectivity index (χ1) is 10.1. The summed E-state index contributed by atoms with van der Waals surface area (Å²) >= 11 is 3.39. The van der Waals surface area contributed by atoms with E-state index in [4.69, 9.17) is 0 Å². The van der Waals surface area contributed by atoms with Crippen molar-refractivity contribution >= 4 is 39.7 Å². The van der Waals surface area contributed by atoms with Crippen LogP contribution >= 0.6 is 15.9 Å². The molecule has 0 saturated carbocycles. The molecule has 21 heavy (non-hydrogen) atoms. The molecule has 0 radical (unpaired) electrons. The SMILES string of the molecule is CC1=NNC(=O)[C@@H]1CCC(=O)N/N=C/c1ccccc1Br. The number of carbonyl (C=O) groups excluding carboxylic acids is 2. The third kappa shape index (κ3) is 4.22. The summed E-state index contributed by atoms with van der Waals surface area (Å²) in [6.45, 7) is 1.77. The Hall–Kier alpha value is -2.02. The fraction of sp³-hybridized carbons (Fsp3) is 0.286. The molecule has 0 fully saturated rings. The Labute approximate surface area is 130 Å². The number of amides is 2. The zero-order chi connectivity index (χ0) is 15.2. The van der Waals surface area contributed by atoms with E-state index in [-0.39, 0.29) is 24.2 Å². The summed E-state index contributed by atoms with van der Waals surface area (Å²) in [6.07, 6.45) is 2.22. The van der Waals surface area contributed by atoms with Crippen LogP contribution in [0.1, 0.15) is 25.3 Å². The van der Waals surface area contributed by atoms with Gasteiger partial charge >= 0.3 is 0 Å². The van der Waals surface area contributed by atoms with Crippen molar-refractivity contribution in [3.8, 4) is 0 Å². The maximum absolute atomic E-state index is 11.7. The first kappa shape index (κ1) is 15.4. The molecule has 0 aliphatic carbocycles. The Kier molecular flexibility index (Phi) is 5.21. The Balaban J connectivity index is 1.79. The molecular formula is C14H15BrN4O2. The van der Waals surface area contributed by atoms with Gasteiger partial charge in [0.25, 0.3) is 0 Å². The van der Waals surface area contributed by atoms with Crippen LogP contribution in [0.2, 0.25) is 0 Å². The highest BCUT2D eigenvalue weighted by Crippen LogP contribution is 2.14. The third-order valence-corrected chi connectivity index (χ3v) is 3.84. The largest absolute Gasteiger partial charge is 0.273 e. The standard InChI is InChI=1S/C14H15BrN4O2/c1-9-11(14(21)19-17-9)6-7-13(20)18-16-8-10-4-2-3-5-12(10)15/h2-5,8,11H,6-7H2,1H3,(H,18,20)(H,19,21)/b16-8+/t11-/m1/s1. The van der Waals surface area contributed by atoms with Gasteiger partial charge in [-0.1, -0.05) is 34.1 Å². The minimum Gasteiger partial charge on any atom is -0.273 e. The van der Waals surface area contributed by atoms with E-state index in [2.05, 4.69) is 37.0 Å². The lowest BCUT2D eigenvalue weighted by Gasteiger charge is -2.06. The summed E-state index contributed by atoms with van der Waals surface area (Å²) in [7, 11) is 0. The molecule has 0 spiro atoms.